The van der Waals surface area contributed by atoms with Crippen LogP contribution in [0.1, 0.15) is 11.9 Å². The molecular formula is C17H18N4O3S2. The number of thiazole rings is 1. The largest absolute Gasteiger partial charge is 0.497 e. The molecule has 3 rings (SSSR count). The first kappa shape index (κ1) is 18.3. The summed E-state index contributed by atoms with van der Waals surface area (Å²) in [5, 5.41) is 5.02. The van der Waals surface area contributed by atoms with E-state index in [0.29, 0.717) is 5.01 Å². The Labute approximate surface area is 159 Å². The lowest BCUT2D eigenvalue weighted by atomic mass is 10.1. The first-order chi connectivity index (χ1) is 12.6. The van der Waals surface area contributed by atoms with Crippen LogP contribution in [-0.4, -0.2) is 28.0 Å². The number of primary amides is 1. The second-order valence-corrected chi connectivity index (χ2v) is 7.75. The SMILES string of the molecule is CCn1cc(-c2cc(OC)cc(Sc3cnc(COC(N)=O)s3)c2)cn1. The molecule has 0 bridgehead atoms. The van der Waals surface area contributed by atoms with E-state index >= 15 is 0 Å². The van der Waals surface area contributed by atoms with Crippen molar-refractivity contribution in [1.29, 1.82) is 0 Å². The Morgan fingerprint density at radius 1 is 1.31 bits per heavy atom. The average Bonchev–Trinajstić information content (AvgIpc) is 3.29. The van der Waals surface area contributed by atoms with Crippen molar-refractivity contribution < 1.29 is 14.3 Å². The molecule has 1 aromatic carbocycles. The summed E-state index contributed by atoms with van der Waals surface area (Å²) in [7, 11) is 1.65. The van der Waals surface area contributed by atoms with Crippen LogP contribution in [-0.2, 0) is 17.9 Å². The van der Waals surface area contributed by atoms with Crippen molar-refractivity contribution >= 4 is 29.2 Å². The molecule has 0 aliphatic carbocycles. The van der Waals surface area contributed by atoms with Gasteiger partial charge in [0, 0.05) is 23.2 Å². The van der Waals surface area contributed by atoms with E-state index in [1.807, 2.05) is 36.1 Å². The van der Waals surface area contributed by atoms with Crippen LogP contribution in [0.3, 0.4) is 0 Å². The number of methoxy groups -OCH3 is 1. The van der Waals surface area contributed by atoms with E-state index in [-0.39, 0.29) is 6.61 Å². The molecule has 0 saturated heterocycles. The molecule has 3 aromatic rings. The molecule has 136 valence electrons. The van der Waals surface area contributed by atoms with E-state index in [2.05, 4.69) is 16.1 Å². The quantitative estimate of drug-likeness (QED) is 0.660. The number of hydrogen-bond acceptors (Lipinski definition) is 7. The maximum absolute atomic E-state index is 10.7. The Morgan fingerprint density at radius 2 is 2.15 bits per heavy atom. The minimum absolute atomic E-state index is 0.0835. The van der Waals surface area contributed by atoms with Gasteiger partial charge >= 0.3 is 6.09 Å². The number of nitrogens with two attached hydrogens (primary N) is 1. The lowest BCUT2D eigenvalue weighted by Crippen LogP contribution is -2.12. The van der Waals surface area contributed by atoms with Crippen LogP contribution in [0, 0.1) is 0 Å². The van der Waals surface area contributed by atoms with Gasteiger partial charge in [-0.1, -0.05) is 11.8 Å². The number of nitrogens with zero attached hydrogens (tertiary/aromatic N) is 3. The molecule has 26 heavy (non-hydrogen) atoms. The summed E-state index contributed by atoms with van der Waals surface area (Å²) in [5.74, 6) is 0.774. The number of benzene rings is 1. The standard InChI is InChI=1S/C17H18N4O3S2/c1-3-21-9-12(7-20-21)11-4-13(23-2)6-14(5-11)25-16-8-19-15(26-16)10-24-17(18)22/h4-9H,3,10H2,1-2H3,(H2,18,22). The highest BCUT2D eigenvalue weighted by atomic mass is 32.2. The third-order valence-corrected chi connectivity index (χ3v) is 5.54. The van der Waals surface area contributed by atoms with Gasteiger partial charge in [-0.05, 0) is 30.7 Å². The topological polar surface area (TPSA) is 92.3 Å². The van der Waals surface area contributed by atoms with Crippen molar-refractivity contribution in [3.8, 4) is 16.9 Å². The molecule has 0 saturated carbocycles. The summed E-state index contributed by atoms with van der Waals surface area (Å²) in [4.78, 5) is 16.0. The molecule has 0 atom stereocenters. The molecular weight excluding hydrogens is 372 g/mol. The summed E-state index contributed by atoms with van der Waals surface area (Å²) < 4.78 is 13.1. The van der Waals surface area contributed by atoms with Crippen molar-refractivity contribution in [3.63, 3.8) is 0 Å². The number of amides is 1. The number of carbonyl (C=O) groups excluding carboxylic acids is 1. The number of hydrogen-bond donors (Lipinski definition) is 1. The van der Waals surface area contributed by atoms with Crippen molar-refractivity contribution in [3.05, 3.63) is 41.8 Å². The van der Waals surface area contributed by atoms with Crippen molar-refractivity contribution in [2.75, 3.05) is 7.11 Å². The maximum atomic E-state index is 10.7. The first-order valence-corrected chi connectivity index (χ1v) is 9.47. The predicted octanol–water partition coefficient (Wildman–Crippen LogP) is 3.78. The monoisotopic (exact) mass is 390 g/mol. The zero-order chi connectivity index (χ0) is 18.5. The molecule has 2 heterocycles. The Morgan fingerprint density at radius 3 is 2.85 bits per heavy atom. The third kappa shape index (κ3) is 4.55. The zero-order valence-electron chi connectivity index (χ0n) is 14.3. The number of aryl methyl sites for hydroxylation is 1. The Hall–Kier alpha value is -2.52. The normalized spacial score (nSPS) is 10.7. The van der Waals surface area contributed by atoms with Crippen LogP contribution < -0.4 is 10.5 Å². The molecule has 9 heteroatoms. The van der Waals surface area contributed by atoms with Crippen LogP contribution in [0.4, 0.5) is 4.79 Å². The Kier molecular flexibility index (Phi) is 5.79. The van der Waals surface area contributed by atoms with Gasteiger partial charge in [0.1, 0.15) is 17.4 Å². The van der Waals surface area contributed by atoms with Gasteiger partial charge in [0.05, 0.1) is 23.7 Å². The second-order valence-electron chi connectivity index (χ2n) is 5.26. The van der Waals surface area contributed by atoms with E-state index in [0.717, 1.165) is 32.5 Å². The number of rotatable bonds is 7. The molecule has 0 radical (unpaired) electrons. The average molecular weight is 390 g/mol. The second kappa shape index (κ2) is 8.24. The maximum Gasteiger partial charge on any atom is 0.404 e. The van der Waals surface area contributed by atoms with Crippen LogP contribution in [0.5, 0.6) is 5.75 Å². The fourth-order valence-electron chi connectivity index (χ4n) is 2.26. The van der Waals surface area contributed by atoms with Crippen molar-refractivity contribution in [2.45, 2.75) is 29.2 Å². The van der Waals surface area contributed by atoms with Gasteiger partial charge in [0.2, 0.25) is 0 Å². The summed E-state index contributed by atoms with van der Waals surface area (Å²) in [6.07, 6.45) is 4.80. The lowest BCUT2D eigenvalue weighted by Gasteiger charge is -2.07. The lowest BCUT2D eigenvalue weighted by molar-refractivity contribution is 0.150. The fourth-order valence-corrected chi connectivity index (χ4v) is 4.26. The molecule has 2 aromatic heterocycles. The van der Waals surface area contributed by atoms with Crippen LogP contribution in [0.25, 0.3) is 11.1 Å². The third-order valence-electron chi connectivity index (χ3n) is 3.50. The molecule has 2 N–H and O–H groups in total. The summed E-state index contributed by atoms with van der Waals surface area (Å²) in [5.41, 5.74) is 7.05. The minimum Gasteiger partial charge on any atom is -0.497 e. The Bertz CT molecular complexity index is 907. The van der Waals surface area contributed by atoms with E-state index in [4.69, 9.17) is 15.2 Å². The summed E-state index contributed by atoms with van der Waals surface area (Å²) in [6, 6.07) is 6.04. The highest BCUT2D eigenvalue weighted by Gasteiger charge is 2.10. The zero-order valence-corrected chi connectivity index (χ0v) is 16.0. The predicted molar refractivity (Wildman–Crippen MR) is 100 cm³/mol. The fraction of sp³-hybridized carbons (Fsp3) is 0.235. The molecule has 0 aliphatic heterocycles. The van der Waals surface area contributed by atoms with Gasteiger partial charge in [0.25, 0.3) is 0 Å². The first-order valence-electron chi connectivity index (χ1n) is 7.84. The van der Waals surface area contributed by atoms with E-state index in [1.54, 1.807) is 25.1 Å². The van der Waals surface area contributed by atoms with Crippen molar-refractivity contribution in [2.24, 2.45) is 5.73 Å². The van der Waals surface area contributed by atoms with E-state index in [9.17, 15) is 4.79 Å². The number of carbonyl (C=O) groups is 1. The van der Waals surface area contributed by atoms with E-state index < -0.39 is 6.09 Å². The van der Waals surface area contributed by atoms with Gasteiger partial charge in [0.15, 0.2) is 0 Å². The van der Waals surface area contributed by atoms with Gasteiger partial charge in [-0.25, -0.2) is 9.78 Å². The highest BCUT2D eigenvalue weighted by molar-refractivity contribution is 8.01. The molecule has 7 nitrogen and oxygen atoms in total. The molecule has 1 amide bonds. The molecule has 0 fully saturated rings. The number of ether oxygens (including phenoxy) is 2. The molecule has 0 aliphatic rings. The van der Waals surface area contributed by atoms with Crippen LogP contribution in [0.2, 0.25) is 0 Å². The van der Waals surface area contributed by atoms with Crippen LogP contribution in [0.15, 0.2) is 45.9 Å². The van der Waals surface area contributed by atoms with Gasteiger partial charge in [-0.15, -0.1) is 11.3 Å². The van der Waals surface area contributed by atoms with Crippen molar-refractivity contribution in [1.82, 2.24) is 14.8 Å². The highest BCUT2D eigenvalue weighted by Crippen LogP contribution is 2.37. The summed E-state index contributed by atoms with van der Waals surface area (Å²) in [6.45, 7) is 2.95. The molecule has 0 unspecified atom stereocenters. The minimum atomic E-state index is -0.806. The summed E-state index contributed by atoms with van der Waals surface area (Å²) >= 11 is 3.03. The van der Waals surface area contributed by atoms with Gasteiger partial charge < -0.3 is 15.2 Å². The van der Waals surface area contributed by atoms with Gasteiger partial charge in [-0.3, -0.25) is 4.68 Å². The van der Waals surface area contributed by atoms with Gasteiger partial charge in [-0.2, -0.15) is 5.10 Å². The molecule has 0 spiro atoms. The Balaban J connectivity index is 1.81. The van der Waals surface area contributed by atoms with E-state index in [1.165, 1.54) is 11.3 Å². The van der Waals surface area contributed by atoms with Crippen LogP contribution >= 0.6 is 23.1 Å². The smallest absolute Gasteiger partial charge is 0.404 e. The number of aromatic nitrogens is 3.